The average Bonchev–Trinajstić information content (AvgIpc) is 2.47. The second-order valence-electron chi connectivity index (χ2n) is 5.34. The third kappa shape index (κ3) is 6.29. The topological polar surface area (TPSA) is 50.3 Å². The van der Waals surface area contributed by atoms with Crippen LogP contribution in [0.5, 0.6) is 5.88 Å². The molecule has 0 amide bonds. The molecule has 0 bridgehead atoms. The lowest BCUT2D eigenvalue weighted by Gasteiger charge is -2.18. The molecule has 0 aliphatic carbocycles. The normalized spacial score (nSPS) is 11.2. The first-order valence-corrected chi connectivity index (χ1v) is 8.08. The fourth-order valence-electron chi connectivity index (χ4n) is 2.07. The number of nitrogens with zero attached hydrogens (tertiary/aromatic N) is 3. The lowest BCUT2D eigenvalue weighted by molar-refractivity contribution is 0.303. The maximum absolute atomic E-state index is 5.52. The van der Waals surface area contributed by atoms with Crippen molar-refractivity contribution in [1.29, 1.82) is 0 Å². The van der Waals surface area contributed by atoms with E-state index in [-0.39, 0.29) is 0 Å². The van der Waals surface area contributed by atoms with Gasteiger partial charge in [0, 0.05) is 18.5 Å². The molecule has 0 spiro atoms. The van der Waals surface area contributed by atoms with Gasteiger partial charge in [0.15, 0.2) is 0 Å². The second-order valence-corrected chi connectivity index (χ2v) is 5.34. The molecule has 1 aromatic rings. The number of hydrogen-bond donors (Lipinski definition) is 1. The highest BCUT2D eigenvalue weighted by molar-refractivity contribution is 5.38. The molecule has 5 nitrogen and oxygen atoms in total. The third-order valence-corrected chi connectivity index (χ3v) is 3.38. The van der Waals surface area contributed by atoms with Crippen molar-refractivity contribution in [3.8, 4) is 5.88 Å². The Balaban J connectivity index is 2.57. The summed E-state index contributed by atoms with van der Waals surface area (Å²) in [4.78, 5) is 11.4. The summed E-state index contributed by atoms with van der Waals surface area (Å²) in [5, 5.41) is 3.38. The Kier molecular flexibility index (Phi) is 8.05. The molecule has 1 heterocycles. The highest BCUT2D eigenvalue weighted by atomic mass is 16.5. The Morgan fingerprint density at radius 3 is 2.48 bits per heavy atom. The summed E-state index contributed by atoms with van der Waals surface area (Å²) in [6, 6.07) is 1.88. The van der Waals surface area contributed by atoms with Gasteiger partial charge in [0.05, 0.1) is 6.61 Å². The van der Waals surface area contributed by atoms with E-state index in [1.807, 2.05) is 13.0 Å². The Labute approximate surface area is 129 Å². The zero-order chi connectivity index (χ0) is 15.7. The van der Waals surface area contributed by atoms with E-state index in [1.165, 1.54) is 0 Å². The molecular formula is C16H30N4O. The highest BCUT2D eigenvalue weighted by Crippen LogP contribution is 2.18. The molecule has 0 fully saturated rings. The van der Waals surface area contributed by atoms with Crippen molar-refractivity contribution < 1.29 is 4.74 Å². The zero-order valence-electron chi connectivity index (χ0n) is 14.1. The molecule has 1 aromatic heterocycles. The molecule has 120 valence electrons. The summed E-state index contributed by atoms with van der Waals surface area (Å²) < 4.78 is 5.52. The molecule has 0 unspecified atom stereocenters. The average molecular weight is 294 g/mol. The fraction of sp³-hybridized carbons (Fsp3) is 0.750. The molecule has 0 atom stereocenters. The van der Waals surface area contributed by atoms with Crippen molar-refractivity contribution in [2.45, 2.75) is 47.0 Å². The van der Waals surface area contributed by atoms with Gasteiger partial charge in [0.25, 0.3) is 0 Å². The summed E-state index contributed by atoms with van der Waals surface area (Å²) in [5.41, 5.74) is 0. The molecule has 0 radical (unpaired) electrons. The molecule has 0 aliphatic rings. The fourth-order valence-corrected chi connectivity index (χ4v) is 2.07. The minimum atomic E-state index is 0.293. The van der Waals surface area contributed by atoms with Crippen LogP contribution in [0.2, 0.25) is 0 Å². The van der Waals surface area contributed by atoms with Gasteiger partial charge in [-0.3, -0.25) is 0 Å². The SMILES string of the molecule is CCOc1cc(NCCCN(CC)CC)nc(C(C)C)n1. The molecule has 1 N–H and O–H groups in total. The number of aromatic nitrogens is 2. The number of anilines is 1. The number of nitrogens with one attached hydrogen (secondary N) is 1. The lowest BCUT2D eigenvalue weighted by atomic mass is 10.2. The van der Waals surface area contributed by atoms with Crippen LogP contribution in [0.15, 0.2) is 6.07 Å². The molecule has 21 heavy (non-hydrogen) atoms. The van der Waals surface area contributed by atoms with Crippen LogP contribution in [0.4, 0.5) is 5.82 Å². The van der Waals surface area contributed by atoms with E-state index in [0.717, 1.165) is 44.2 Å². The van der Waals surface area contributed by atoms with Gasteiger partial charge in [-0.25, -0.2) is 4.98 Å². The van der Waals surface area contributed by atoms with Crippen molar-refractivity contribution >= 4 is 5.82 Å². The highest BCUT2D eigenvalue weighted by Gasteiger charge is 2.08. The minimum Gasteiger partial charge on any atom is -0.478 e. The number of ether oxygens (including phenoxy) is 1. The van der Waals surface area contributed by atoms with E-state index in [4.69, 9.17) is 4.74 Å². The Bertz CT molecular complexity index is 405. The van der Waals surface area contributed by atoms with Gasteiger partial charge in [-0.2, -0.15) is 4.98 Å². The van der Waals surface area contributed by atoms with Crippen LogP contribution < -0.4 is 10.1 Å². The molecular weight excluding hydrogens is 264 g/mol. The van der Waals surface area contributed by atoms with E-state index in [2.05, 4.69) is 47.9 Å². The van der Waals surface area contributed by atoms with E-state index < -0.39 is 0 Å². The monoisotopic (exact) mass is 294 g/mol. The molecule has 0 aromatic carbocycles. The van der Waals surface area contributed by atoms with Gasteiger partial charge in [0.1, 0.15) is 11.6 Å². The Hall–Kier alpha value is -1.36. The first-order valence-electron chi connectivity index (χ1n) is 8.08. The third-order valence-electron chi connectivity index (χ3n) is 3.38. The van der Waals surface area contributed by atoms with Gasteiger partial charge in [-0.1, -0.05) is 27.7 Å². The maximum Gasteiger partial charge on any atom is 0.218 e. The lowest BCUT2D eigenvalue weighted by Crippen LogP contribution is -2.25. The minimum absolute atomic E-state index is 0.293. The summed E-state index contributed by atoms with van der Waals surface area (Å²) in [6.45, 7) is 15.4. The van der Waals surface area contributed by atoms with Crippen LogP contribution in [0.25, 0.3) is 0 Å². The first kappa shape index (κ1) is 17.7. The van der Waals surface area contributed by atoms with E-state index >= 15 is 0 Å². The predicted octanol–water partition coefficient (Wildman–Crippen LogP) is 3.14. The summed E-state index contributed by atoms with van der Waals surface area (Å²) in [6.07, 6.45) is 1.10. The van der Waals surface area contributed by atoms with Crippen molar-refractivity contribution in [1.82, 2.24) is 14.9 Å². The van der Waals surface area contributed by atoms with Crippen molar-refractivity contribution in [3.63, 3.8) is 0 Å². The van der Waals surface area contributed by atoms with Crippen LogP contribution in [-0.2, 0) is 0 Å². The van der Waals surface area contributed by atoms with E-state index in [1.54, 1.807) is 0 Å². The van der Waals surface area contributed by atoms with Crippen molar-refractivity contribution in [2.75, 3.05) is 38.1 Å². The predicted molar refractivity (Wildman–Crippen MR) is 88.2 cm³/mol. The van der Waals surface area contributed by atoms with Gasteiger partial charge in [0.2, 0.25) is 5.88 Å². The van der Waals surface area contributed by atoms with Crippen LogP contribution in [-0.4, -0.2) is 47.7 Å². The second kappa shape index (κ2) is 9.55. The van der Waals surface area contributed by atoms with Gasteiger partial charge in [-0.15, -0.1) is 0 Å². The molecule has 5 heteroatoms. The van der Waals surface area contributed by atoms with Crippen molar-refractivity contribution in [3.05, 3.63) is 11.9 Å². The number of rotatable bonds is 10. The molecule has 0 aliphatic heterocycles. The van der Waals surface area contributed by atoms with Gasteiger partial charge in [-0.05, 0) is 33.0 Å². The van der Waals surface area contributed by atoms with Crippen LogP contribution >= 0.6 is 0 Å². The smallest absolute Gasteiger partial charge is 0.218 e. The number of hydrogen-bond acceptors (Lipinski definition) is 5. The van der Waals surface area contributed by atoms with Gasteiger partial charge < -0.3 is 15.0 Å². The summed E-state index contributed by atoms with van der Waals surface area (Å²) >= 11 is 0. The molecule has 0 saturated heterocycles. The quantitative estimate of drug-likeness (QED) is 0.672. The maximum atomic E-state index is 5.52. The molecule has 0 saturated carbocycles. The van der Waals surface area contributed by atoms with E-state index in [9.17, 15) is 0 Å². The molecule has 1 rings (SSSR count). The standard InChI is InChI=1S/C16H30N4O/c1-6-20(7-2)11-9-10-17-14-12-15(21-8-3)19-16(18-14)13(4)5/h12-13H,6-11H2,1-5H3,(H,17,18,19). The first-order chi connectivity index (χ1) is 10.1. The summed E-state index contributed by atoms with van der Waals surface area (Å²) in [5.74, 6) is 2.63. The van der Waals surface area contributed by atoms with Crippen LogP contribution in [0.1, 0.15) is 52.8 Å². The zero-order valence-corrected chi connectivity index (χ0v) is 14.1. The van der Waals surface area contributed by atoms with Gasteiger partial charge >= 0.3 is 0 Å². The Morgan fingerprint density at radius 2 is 1.90 bits per heavy atom. The summed E-state index contributed by atoms with van der Waals surface area (Å²) in [7, 11) is 0. The van der Waals surface area contributed by atoms with Crippen LogP contribution in [0.3, 0.4) is 0 Å². The largest absolute Gasteiger partial charge is 0.478 e. The van der Waals surface area contributed by atoms with Crippen LogP contribution in [0, 0.1) is 0 Å². The Morgan fingerprint density at radius 1 is 1.19 bits per heavy atom. The van der Waals surface area contributed by atoms with Crippen molar-refractivity contribution in [2.24, 2.45) is 0 Å². The van der Waals surface area contributed by atoms with E-state index in [0.29, 0.717) is 18.4 Å².